The van der Waals surface area contributed by atoms with E-state index in [1.54, 1.807) is 24.3 Å². The summed E-state index contributed by atoms with van der Waals surface area (Å²) in [6.07, 6.45) is 0. The second kappa shape index (κ2) is 7.44. The Morgan fingerprint density at radius 3 is 2.52 bits per heavy atom. The highest BCUT2D eigenvalue weighted by atomic mass is 19.1. The van der Waals surface area contributed by atoms with Gasteiger partial charge in [-0.25, -0.2) is 9.37 Å². The first-order valence-electron chi connectivity index (χ1n) is 8.80. The molecule has 0 radical (unpaired) electrons. The van der Waals surface area contributed by atoms with E-state index in [9.17, 15) is 9.65 Å². The van der Waals surface area contributed by atoms with Gasteiger partial charge in [0.2, 0.25) is 5.95 Å². The quantitative estimate of drug-likeness (QED) is 0.548. The minimum Gasteiger partial charge on any atom is -0.488 e. The van der Waals surface area contributed by atoms with E-state index in [0.29, 0.717) is 16.9 Å². The van der Waals surface area contributed by atoms with Crippen LogP contribution in [-0.4, -0.2) is 9.97 Å². The van der Waals surface area contributed by atoms with E-state index in [2.05, 4.69) is 9.97 Å². The Morgan fingerprint density at radius 1 is 0.966 bits per heavy atom. The molecule has 0 amide bonds. The summed E-state index contributed by atoms with van der Waals surface area (Å²) in [6.45, 7) is 0.00987. The summed E-state index contributed by atoms with van der Waals surface area (Å²) in [4.78, 5) is 8.15. The molecule has 0 aliphatic carbocycles. The Balaban J connectivity index is 1.92. The number of nitrogens with zero attached hydrogens (tertiary/aromatic N) is 3. The first-order valence-corrected chi connectivity index (χ1v) is 8.80. The predicted molar refractivity (Wildman–Crippen MR) is 109 cm³/mol. The van der Waals surface area contributed by atoms with Gasteiger partial charge in [0.05, 0.1) is 5.56 Å². The monoisotopic (exact) mass is 385 g/mol. The summed E-state index contributed by atoms with van der Waals surface area (Å²) in [6, 6.07) is 19.7. The average molecular weight is 385 g/mol. The van der Waals surface area contributed by atoms with Crippen LogP contribution >= 0.6 is 0 Å². The number of fused-ring (bicyclic) bond motifs is 1. The second-order valence-corrected chi connectivity index (χ2v) is 6.34. The van der Waals surface area contributed by atoms with Crippen LogP contribution in [0.15, 0.2) is 60.7 Å². The molecule has 0 saturated carbocycles. The number of anilines is 2. The van der Waals surface area contributed by atoms with Gasteiger partial charge in [0.15, 0.2) is 0 Å². The fraction of sp³-hybridized carbons (Fsp3) is 0.0455. The Hall–Kier alpha value is -4.18. The zero-order valence-corrected chi connectivity index (χ0v) is 15.3. The number of rotatable bonds is 4. The van der Waals surface area contributed by atoms with Crippen LogP contribution in [0.2, 0.25) is 0 Å². The van der Waals surface area contributed by atoms with Crippen LogP contribution in [0.25, 0.3) is 22.0 Å². The van der Waals surface area contributed by atoms with Crippen LogP contribution in [0.3, 0.4) is 0 Å². The first kappa shape index (κ1) is 18.2. The Kier molecular flexibility index (Phi) is 4.67. The van der Waals surface area contributed by atoms with Crippen LogP contribution in [0.1, 0.15) is 11.1 Å². The van der Waals surface area contributed by atoms with Gasteiger partial charge in [-0.05, 0) is 22.9 Å². The van der Waals surface area contributed by atoms with Gasteiger partial charge in [0, 0.05) is 5.56 Å². The van der Waals surface area contributed by atoms with Crippen LogP contribution in [0.5, 0.6) is 5.75 Å². The largest absolute Gasteiger partial charge is 0.488 e. The topological polar surface area (TPSA) is 111 Å². The number of nitrogen functional groups attached to an aromatic ring is 2. The molecule has 7 heteroatoms. The maximum Gasteiger partial charge on any atom is 0.222 e. The maximum absolute atomic E-state index is 14.0. The number of hydrogen-bond donors (Lipinski definition) is 2. The molecule has 0 aliphatic heterocycles. The smallest absolute Gasteiger partial charge is 0.222 e. The molecule has 6 nitrogen and oxygen atoms in total. The maximum atomic E-state index is 14.0. The molecular formula is C22H16FN5O. The summed E-state index contributed by atoms with van der Waals surface area (Å²) in [5.74, 6) is 0.0107. The predicted octanol–water partition coefficient (Wildman–Crippen LogP) is 4.05. The van der Waals surface area contributed by atoms with Gasteiger partial charge in [-0.3, -0.25) is 0 Å². The molecule has 0 atom stereocenters. The molecular weight excluding hydrogens is 369 g/mol. The van der Waals surface area contributed by atoms with Gasteiger partial charge >= 0.3 is 0 Å². The van der Waals surface area contributed by atoms with Gasteiger partial charge in [-0.1, -0.05) is 48.5 Å². The molecule has 3 aromatic carbocycles. The molecule has 29 heavy (non-hydrogen) atoms. The number of nitriles is 1. The first-order chi connectivity index (χ1) is 14.1. The number of aromatic nitrogens is 2. The van der Waals surface area contributed by atoms with Crippen molar-refractivity contribution in [1.29, 1.82) is 5.26 Å². The average Bonchev–Trinajstić information content (AvgIpc) is 2.72. The van der Waals surface area contributed by atoms with Crippen molar-refractivity contribution >= 4 is 22.5 Å². The molecule has 0 aliphatic rings. The van der Waals surface area contributed by atoms with E-state index >= 15 is 0 Å². The summed E-state index contributed by atoms with van der Waals surface area (Å²) in [5.41, 5.74) is 13.0. The van der Waals surface area contributed by atoms with Crippen molar-refractivity contribution in [2.24, 2.45) is 0 Å². The van der Waals surface area contributed by atoms with E-state index < -0.39 is 0 Å². The molecule has 1 aromatic heterocycles. The lowest BCUT2D eigenvalue weighted by Crippen LogP contribution is -2.06. The number of ether oxygens (including phenoxy) is 1. The lowest BCUT2D eigenvalue weighted by atomic mass is 9.98. The molecule has 0 bridgehead atoms. The fourth-order valence-electron chi connectivity index (χ4n) is 3.17. The third-order valence-corrected chi connectivity index (χ3v) is 4.53. The van der Waals surface area contributed by atoms with E-state index in [-0.39, 0.29) is 35.4 Å². The SMILES string of the molecule is N#Cc1c(N)nc(N)nc1-c1c(OCc2ccccc2F)ccc2ccccc12. The zero-order chi connectivity index (χ0) is 20.4. The molecule has 0 spiro atoms. The second-order valence-electron chi connectivity index (χ2n) is 6.34. The highest BCUT2D eigenvalue weighted by Gasteiger charge is 2.20. The Bertz CT molecular complexity index is 1270. The zero-order valence-electron chi connectivity index (χ0n) is 15.3. The highest BCUT2D eigenvalue weighted by molar-refractivity contribution is 6.00. The minimum absolute atomic E-state index is 0.00987. The van der Waals surface area contributed by atoms with Crippen molar-refractivity contribution in [1.82, 2.24) is 9.97 Å². The van der Waals surface area contributed by atoms with Gasteiger partial charge in [0.25, 0.3) is 0 Å². The molecule has 1 heterocycles. The van der Waals surface area contributed by atoms with E-state index in [4.69, 9.17) is 16.2 Å². The molecule has 0 saturated heterocycles. The highest BCUT2D eigenvalue weighted by Crippen LogP contribution is 2.39. The fourth-order valence-corrected chi connectivity index (χ4v) is 3.17. The van der Waals surface area contributed by atoms with Crippen molar-refractivity contribution in [2.45, 2.75) is 6.61 Å². The third kappa shape index (κ3) is 3.39. The normalized spacial score (nSPS) is 10.6. The number of hydrogen-bond acceptors (Lipinski definition) is 6. The summed E-state index contributed by atoms with van der Waals surface area (Å²) in [7, 11) is 0. The van der Waals surface area contributed by atoms with E-state index in [0.717, 1.165) is 10.8 Å². The summed E-state index contributed by atoms with van der Waals surface area (Å²) in [5, 5.41) is 11.3. The van der Waals surface area contributed by atoms with Crippen LogP contribution in [0.4, 0.5) is 16.2 Å². The van der Waals surface area contributed by atoms with E-state index in [1.807, 2.05) is 36.4 Å². The Labute approximate surface area is 166 Å². The molecule has 142 valence electrons. The number of nitrogens with two attached hydrogens (primary N) is 2. The van der Waals surface area contributed by atoms with Gasteiger partial charge in [0.1, 0.15) is 41.3 Å². The Morgan fingerprint density at radius 2 is 1.72 bits per heavy atom. The van der Waals surface area contributed by atoms with Crippen LogP contribution in [0, 0.1) is 17.1 Å². The standard InChI is InChI=1S/C22H16FN5O/c23-17-8-4-2-6-14(17)12-29-18-10-9-13-5-1-3-7-15(13)19(18)20-16(11-24)21(25)28-22(26)27-20/h1-10H,12H2,(H4,25,26,27,28). The molecule has 0 unspecified atom stereocenters. The summed E-state index contributed by atoms with van der Waals surface area (Å²) < 4.78 is 20.0. The number of halogens is 1. The van der Waals surface area contributed by atoms with Crippen molar-refractivity contribution in [2.75, 3.05) is 11.5 Å². The van der Waals surface area contributed by atoms with Crippen molar-refractivity contribution in [3.8, 4) is 23.1 Å². The number of benzene rings is 3. The van der Waals surface area contributed by atoms with Crippen molar-refractivity contribution in [3.05, 3.63) is 77.6 Å². The molecule has 4 rings (SSSR count). The van der Waals surface area contributed by atoms with Crippen molar-refractivity contribution < 1.29 is 9.13 Å². The third-order valence-electron chi connectivity index (χ3n) is 4.53. The van der Waals surface area contributed by atoms with Gasteiger partial charge in [-0.2, -0.15) is 10.2 Å². The van der Waals surface area contributed by atoms with Gasteiger partial charge in [-0.15, -0.1) is 0 Å². The lowest BCUT2D eigenvalue weighted by Gasteiger charge is -2.16. The molecule has 4 N–H and O–H groups in total. The molecule has 4 aromatic rings. The minimum atomic E-state index is -0.358. The molecule has 0 fully saturated rings. The van der Waals surface area contributed by atoms with Gasteiger partial charge < -0.3 is 16.2 Å². The summed E-state index contributed by atoms with van der Waals surface area (Å²) >= 11 is 0. The lowest BCUT2D eigenvalue weighted by molar-refractivity contribution is 0.301. The van der Waals surface area contributed by atoms with Crippen LogP contribution < -0.4 is 16.2 Å². The van der Waals surface area contributed by atoms with Crippen molar-refractivity contribution in [3.63, 3.8) is 0 Å². The van der Waals surface area contributed by atoms with Crippen LogP contribution in [-0.2, 0) is 6.61 Å². The van der Waals surface area contributed by atoms with E-state index in [1.165, 1.54) is 6.07 Å².